The standard InChI is InChI=1S/C31H33N9O3/c32-29(33)37-18-22-8-5-10-24(16-22)20-39-31(42)40-30(34)38-19-23-9-4-7-21(15-23)17-36-27(41)26-13-6-14-35-28(26)43-25-11-2-1-3-12-25/h1-16H,17-20H2,(H,36,41)(H4,32,33,37)(H4,34,38,39,40,42). The molecule has 0 aliphatic carbocycles. The van der Waals surface area contributed by atoms with Crippen LogP contribution in [0.15, 0.2) is 107 Å². The molecule has 220 valence electrons. The molecule has 1 aromatic heterocycles. The molecule has 9 N–H and O–H groups in total. The molecule has 4 aromatic rings. The topological polar surface area (TPSA) is 195 Å². The second-order valence-corrected chi connectivity index (χ2v) is 9.34. The summed E-state index contributed by atoms with van der Waals surface area (Å²) >= 11 is 0. The number of guanidine groups is 2. The van der Waals surface area contributed by atoms with E-state index in [-0.39, 0.29) is 43.3 Å². The molecule has 0 saturated heterocycles. The number of nitrogens with one attached hydrogen (secondary N) is 3. The van der Waals surface area contributed by atoms with Gasteiger partial charge in [0.15, 0.2) is 11.9 Å². The number of benzene rings is 3. The molecule has 3 amide bonds. The van der Waals surface area contributed by atoms with Gasteiger partial charge in [-0.3, -0.25) is 10.1 Å². The third-order valence-corrected chi connectivity index (χ3v) is 5.98. The molecule has 0 saturated carbocycles. The van der Waals surface area contributed by atoms with Gasteiger partial charge in [-0.2, -0.15) is 0 Å². The zero-order valence-corrected chi connectivity index (χ0v) is 23.4. The molecule has 0 fully saturated rings. The van der Waals surface area contributed by atoms with Crippen molar-refractivity contribution < 1.29 is 14.3 Å². The van der Waals surface area contributed by atoms with Crippen LogP contribution in [-0.4, -0.2) is 28.8 Å². The highest BCUT2D eigenvalue weighted by Gasteiger charge is 2.14. The van der Waals surface area contributed by atoms with Crippen molar-refractivity contribution in [1.29, 1.82) is 0 Å². The molecule has 12 nitrogen and oxygen atoms in total. The van der Waals surface area contributed by atoms with Gasteiger partial charge in [-0.25, -0.2) is 19.8 Å². The number of carbonyl (C=O) groups excluding carboxylic acids is 2. The zero-order valence-electron chi connectivity index (χ0n) is 23.4. The third-order valence-electron chi connectivity index (χ3n) is 5.98. The monoisotopic (exact) mass is 579 g/mol. The number of nitrogens with zero attached hydrogens (tertiary/aromatic N) is 3. The number of ether oxygens (including phenoxy) is 1. The van der Waals surface area contributed by atoms with Crippen molar-refractivity contribution in [2.24, 2.45) is 27.2 Å². The molecule has 0 aliphatic heterocycles. The molecule has 0 radical (unpaired) electrons. The van der Waals surface area contributed by atoms with Crippen LogP contribution in [0, 0.1) is 0 Å². The summed E-state index contributed by atoms with van der Waals surface area (Å²) in [5.41, 5.74) is 20.5. The van der Waals surface area contributed by atoms with Gasteiger partial charge in [0.05, 0.1) is 13.1 Å². The fourth-order valence-corrected chi connectivity index (χ4v) is 3.94. The van der Waals surface area contributed by atoms with E-state index in [1.54, 1.807) is 30.5 Å². The number of hydrogen-bond acceptors (Lipinski definition) is 6. The lowest BCUT2D eigenvalue weighted by molar-refractivity contribution is 0.0948. The predicted molar refractivity (Wildman–Crippen MR) is 165 cm³/mol. The van der Waals surface area contributed by atoms with Crippen molar-refractivity contribution in [2.75, 3.05) is 0 Å². The van der Waals surface area contributed by atoms with Crippen LogP contribution >= 0.6 is 0 Å². The lowest BCUT2D eigenvalue weighted by Crippen LogP contribution is -2.43. The van der Waals surface area contributed by atoms with Crippen LogP contribution in [0.1, 0.15) is 32.6 Å². The number of carbonyl (C=O) groups is 2. The molecule has 0 bridgehead atoms. The molecule has 0 spiro atoms. The van der Waals surface area contributed by atoms with E-state index < -0.39 is 6.03 Å². The summed E-state index contributed by atoms with van der Waals surface area (Å²) in [5, 5.41) is 8.16. The van der Waals surface area contributed by atoms with E-state index in [1.807, 2.05) is 66.7 Å². The van der Waals surface area contributed by atoms with Crippen molar-refractivity contribution in [1.82, 2.24) is 20.9 Å². The second kappa shape index (κ2) is 15.2. The van der Waals surface area contributed by atoms with Crippen molar-refractivity contribution >= 4 is 23.9 Å². The SMILES string of the molecule is NC(N)=NCc1cccc(CNC(=O)NC(N)=NCc2cccc(CNC(=O)c3cccnc3Oc3ccccc3)c2)c1. The molecular weight excluding hydrogens is 546 g/mol. The number of para-hydroxylation sites is 1. The minimum Gasteiger partial charge on any atom is -0.438 e. The van der Waals surface area contributed by atoms with Gasteiger partial charge in [0.1, 0.15) is 11.3 Å². The highest BCUT2D eigenvalue weighted by Crippen LogP contribution is 2.22. The highest BCUT2D eigenvalue weighted by atomic mass is 16.5. The minimum atomic E-state index is -0.488. The number of rotatable bonds is 11. The smallest absolute Gasteiger partial charge is 0.321 e. The van der Waals surface area contributed by atoms with Crippen LogP contribution in [-0.2, 0) is 26.2 Å². The maximum atomic E-state index is 12.9. The fraction of sp³-hybridized carbons (Fsp3) is 0.129. The highest BCUT2D eigenvalue weighted by molar-refractivity contribution is 5.96. The quantitative estimate of drug-likeness (QED) is 0.116. The van der Waals surface area contributed by atoms with E-state index in [9.17, 15) is 9.59 Å². The lowest BCUT2D eigenvalue weighted by atomic mass is 10.1. The van der Waals surface area contributed by atoms with Crippen molar-refractivity contribution in [3.63, 3.8) is 0 Å². The van der Waals surface area contributed by atoms with Crippen molar-refractivity contribution in [3.8, 4) is 11.6 Å². The fourth-order valence-electron chi connectivity index (χ4n) is 3.94. The van der Waals surface area contributed by atoms with E-state index in [0.717, 1.165) is 22.3 Å². The molecule has 0 atom stereocenters. The van der Waals surface area contributed by atoms with Crippen molar-refractivity contribution in [2.45, 2.75) is 26.2 Å². The maximum Gasteiger partial charge on any atom is 0.321 e. The molecule has 1 heterocycles. The Morgan fingerprint density at radius 3 is 2.02 bits per heavy atom. The summed E-state index contributed by atoms with van der Waals surface area (Å²) in [6, 6.07) is 27.0. The van der Waals surface area contributed by atoms with Gasteiger partial charge in [-0.15, -0.1) is 0 Å². The van der Waals surface area contributed by atoms with Gasteiger partial charge in [-0.05, 0) is 46.5 Å². The Morgan fingerprint density at radius 2 is 1.35 bits per heavy atom. The van der Waals surface area contributed by atoms with Crippen LogP contribution in [0.3, 0.4) is 0 Å². The largest absolute Gasteiger partial charge is 0.438 e. The zero-order chi connectivity index (χ0) is 30.4. The van der Waals surface area contributed by atoms with Crippen LogP contribution in [0.25, 0.3) is 0 Å². The average Bonchev–Trinajstić information content (AvgIpc) is 3.02. The van der Waals surface area contributed by atoms with E-state index in [1.165, 1.54) is 0 Å². The Bertz CT molecular complexity index is 1600. The van der Waals surface area contributed by atoms with Gasteiger partial charge in [-0.1, -0.05) is 66.7 Å². The number of amides is 3. The van der Waals surface area contributed by atoms with E-state index in [2.05, 4.69) is 30.9 Å². The van der Waals surface area contributed by atoms with Gasteiger partial charge in [0.2, 0.25) is 5.88 Å². The van der Waals surface area contributed by atoms with Gasteiger partial charge >= 0.3 is 6.03 Å². The molecule has 12 heteroatoms. The van der Waals surface area contributed by atoms with Crippen LogP contribution < -0.4 is 37.9 Å². The first-order valence-corrected chi connectivity index (χ1v) is 13.4. The minimum absolute atomic E-state index is 0.0146. The number of aromatic nitrogens is 1. The number of aliphatic imine (C=N–C) groups is 2. The average molecular weight is 580 g/mol. The Labute approximate surface area is 249 Å². The first-order valence-electron chi connectivity index (χ1n) is 13.4. The summed E-state index contributed by atoms with van der Waals surface area (Å²) in [7, 11) is 0. The number of urea groups is 1. The Balaban J connectivity index is 1.26. The first-order chi connectivity index (χ1) is 20.9. The van der Waals surface area contributed by atoms with Crippen LogP contribution in [0.5, 0.6) is 11.6 Å². The van der Waals surface area contributed by atoms with Crippen molar-refractivity contribution in [3.05, 3.63) is 125 Å². The van der Waals surface area contributed by atoms with E-state index in [4.69, 9.17) is 21.9 Å². The predicted octanol–water partition coefficient (Wildman–Crippen LogP) is 2.89. The van der Waals surface area contributed by atoms with Crippen LogP contribution in [0.4, 0.5) is 4.79 Å². The molecule has 43 heavy (non-hydrogen) atoms. The van der Waals surface area contributed by atoms with Gasteiger partial charge in [0.25, 0.3) is 5.91 Å². The molecule has 4 rings (SSSR count). The number of nitrogens with two attached hydrogens (primary N) is 3. The normalized spacial score (nSPS) is 10.8. The molecule has 0 aliphatic rings. The maximum absolute atomic E-state index is 12.9. The molecule has 3 aromatic carbocycles. The molecule has 0 unspecified atom stereocenters. The van der Waals surface area contributed by atoms with Gasteiger partial charge in [0, 0.05) is 19.3 Å². The Kier molecular flexibility index (Phi) is 10.6. The number of hydrogen-bond donors (Lipinski definition) is 6. The van der Waals surface area contributed by atoms with Crippen LogP contribution in [0.2, 0.25) is 0 Å². The second-order valence-electron chi connectivity index (χ2n) is 9.34. The summed E-state index contributed by atoms with van der Waals surface area (Å²) in [6.07, 6.45) is 1.57. The molecular formula is C31H33N9O3. The Hall–Kier alpha value is -5.91. The Morgan fingerprint density at radius 1 is 0.721 bits per heavy atom. The summed E-state index contributed by atoms with van der Waals surface area (Å²) in [6.45, 7) is 1.14. The number of pyridine rings is 1. The summed E-state index contributed by atoms with van der Waals surface area (Å²) in [4.78, 5) is 37.7. The van der Waals surface area contributed by atoms with E-state index in [0.29, 0.717) is 17.9 Å². The van der Waals surface area contributed by atoms with E-state index >= 15 is 0 Å². The summed E-state index contributed by atoms with van der Waals surface area (Å²) < 4.78 is 5.80. The summed E-state index contributed by atoms with van der Waals surface area (Å²) in [5.74, 6) is 0.474. The van der Waals surface area contributed by atoms with Gasteiger partial charge < -0.3 is 32.6 Å². The first kappa shape index (κ1) is 30.1. The third kappa shape index (κ3) is 9.90. The lowest BCUT2D eigenvalue weighted by Gasteiger charge is -2.11.